The van der Waals surface area contributed by atoms with E-state index in [-0.39, 0.29) is 5.60 Å². The Kier molecular flexibility index (Phi) is 3.21. The summed E-state index contributed by atoms with van der Waals surface area (Å²) in [4.78, 5) is 4.31. The van der Waals surface area contributed by atoms with E-state index in [0.29, 0.717) is 11.6 Å². The lowest BCUT2D eigenvalue weighted by atomic mass is 10.0. The zero-order chi connectivity index (χ0) is 14.3. The highest BCUT2D eigenvalue weighted by Gasteiger charge is 2.32. The van der Waals surface area contributed by atoms with Crippen LogP contribution in [0.4, 0.5) is 0 Å². The first-order valence-electron chi connectivity index (χ1n) is 6.55. The Hall–Kier alpha value is -1.55. The zero-order valence-electron chi connectivity index (χ0n) is 11.7. The van der Waals surface area contributed by atoms with Gasteiger partial charge in [0.15, 0.2) is 11.5 Å². The van der Waals surface area contributed by atoms with Crippen LogP contribution in [0.1, 0.15) is 25.0 Å². The first kappa shape index (κ1) is 13.4. The summed E-state index contributed by atoms with van der Waals surface area (Å²) in [6, 6.07) is 7.96. The molecule has 20 heavy (non-hydrogen) atoms. The van der Waals surface area contributed by atoms with Crippen LogP contribution in [0.2, 0.25) is 0 Å². The normalized spacial score (nSPS) is 15.6. The molecule has 104 valence electrons. The number of hydrogen-bond donors (Lipinski definition) is 0. The topological polar surface area (TPSA) is 31.4 Å². The van der Waals surface area contributed by atoms with E-state index in [9.17, 15) is 0 Å². The van der Waals surface area contributed by atoms with Gasteiger partial charge in [-0.1, -0.05) is 12.1 Å². The number of aryl methyl sites for hydroxylation is 1. The van der Waals surface area contributed by atoms with Crippen molar-refractivity contribution in [3.63, 3.8) is 0 Å². The van der Waals surface area contributed by atoms with E-state index in [1.165, 1.54) is 5.56 Å². The molecule has 4 heteroatoms. The monoisotopic (exact) mass is 333 g/mol. The average Bonchev–Trinajstić information content (AvgIpc) is 2.67. The maximum Gasteiger partial charge on any atom is 0.233 e. The summed E-state index contributed by atoms with van der Waals surface area (Å²) in [5.41, 5.74) is 2.08. The van der Waals surface area contributed by atoms with Crippen LogP contribution in [-0.2, 0) is 6.42 Å². The van der Waals surface area contributed by atoms with Crippen molar-refractivity contribution in [2.24, 2.45) is 0 Å². The highest BCUT2D eigenvalue weighted by atomic mass is 79.9. The lowest BCUT2D eigenvalue weighted by Crippen LogP contribution is -2.24. The molecule has 2 aromatic rings. The predicted octanol–water partition coefficient (Wildman–Crippen LogP) is 4.66. The van der Waals surface area contributed by atoms with Gasteiger partial charge in [0.05, 0.1) is 4.47 Å². The van der Waals surface area contributed by atoms with Gasteiger partial charge in [-0.05, 0) is 54.4 Å². The van der Waals surface area contributed by atoms with Gasteiger partial charge in [-0.25, -0.2) is 4.98 Å². The average molecular weight is 334 g/mol. The van der Waals surface area contributed by atoms with Crippen LogP contribution in [0.15, 0.2) is 34.9 Å². The number of nitrogens with zero attached hydrogens (tertiary/aromatic N) is 1. The molecule has 3 nitrogen and oxygen atoms in total. The molecule has 0 radical (unpaired) electrons. The van der Waals surface area contributed by atoms with E-state index in [4.69, 9.17) is 9.47 Å². The molecule has 1 aliphatic heterocycles. The van der Waals surface area contributed by atoms with Crippen molar-refractivity contribution in [3.05, 3.63) is 46.1 Å². The predicted molar refractivity (Wildman–Crippen MR) is 81.6 cm³/mol. The molecular weight excluding hydrogens is 318 g/mol. The van der Waals surface area contributed by atoms with Gasteiger partial charge < -0.3 is 9.47 Å². The third kappa shape index (κ3) is 2.52. The van der Waals surface area contributed by atoms with E-state index in [1.807, 2.05) is 25.1 Å². The van der Waals surface area contributed by atoms with Crippen molar-refractivity contribution < 1.29 is 9.47 Å². The second kappa shape index (κ2) is 4.77. The Morgan fingerprint density at radius 2 is 2.15 bits per heavy atom. The van der Waals surface area contributed by atoms with Gasteiger partial charge in [0.2, 0.25) is 5.88 Å². The Bertz CT molecular complexity index is 668. The number of ether oxygens (including phenoxy) is 2. The molecule has 0 aliphatic carbocycles. The molecule has 0 bridgehead atoms. The summed E-state index contributed by atoms with van der Waals surface area (Å²) in [5, 5.41) is 0. The van der Waals surface area contributed by atoms with Crippen LogP contribution in [0.3, 0.4) is 0 Å². The minimum atomic E-state index is -0.181. The Morgan fingerprint density at radius 1 is 1.35 bits per heavy atom. The fourth-order valence-electron chi connectivity index (χ4n) is 2.37. The number of rotatable bonds is 2. The molecule has 1 aliphatic rings. The maximum absolute atomic E-state index is 5.99. The van der Waals surface area contributed by atoms with Crippen molar-refractivity contribution in [1.82, 2.24) is 4.98 Å². The third-order valence-electron chi connectivity index (χ3n) is 3.21. The van der Waals surface area contributed by atoms with E-state index >= 15 is 0 Å². The number of hydrogen-bond acceptors (Lipinski definition) is 3. The van der Waals surface area contributed by atoms with E-state index in [1.54, 1.807) is 6.20 Å². The van der Waals surface area contributed by atoms with Gasteiger partial charge in [0, 0.05) is 18.2 Å². The SMILES string of the molecule is Cc1cnc(Oc2cccc3c2OC(C)(C)C3)c(Br)c1. The molecule has 0 saturated heterocycles. The first-order valence-corrected chi connectivity index (χ1v) is 7.35. The maximum atomic E-state index is 5.99. The number of fused-ring (bicyclic) bond motifs is 1. The minimum absolute atomic E-state index is 0.181. The molecular formula is C16H16BrNO2. The molecule has 0 atom stereocenters. The molecule has 0 spiro atoms. The number of aromatic nitrogens is 1. The van der Waals surface area contributed by atoms with Crippen molar-refractivity contribution in [3.8, 4) is 17.4 Å². The van der Waals surface area contributed by atoms with Gasteiger partial charge in [0.1, 0.15) is 5.60 Å². The Labute approximate surface area is 127 Å². The van der Waals surface area contributed by atoms with Crippen LogP contribution < -0.4 is 9.47 Å². The summed E-state index contributed by atoms with van der Waals surface area (Å²) in [6.45, 7) is 6.15. The van der Waals surface area contributed by atoms with Crippen LogP contribution in [0.5, 0.6) is 17.4 Å². The van der Waals surface area contributed by atoms with E-state index in [0.717, 1.165) is 22.2 Å². The Balaban J connectivity index is 1.95. The molecule has 3 rings (SSSR count). The standard InChI is InChI=1S/C16H16BrNO2/c1-10-7-12(17)15(18-9-10)19-13-6-4-5-11-8-16(2,3)20-14(11)13/h4-7,9H,8H2,1-3H3. The molecule has 0 saturated carbocycles. The van der Waals surface area contributed by atoms with Crippen LogP contribution in [0, 0.1) is 6.92 Å². The first-order chi connectivity index (χ1) is 9.44. The van der Waals surface area contributed by atoms with Crippen LogP contribution >= 0.6 is 15.9 Å². The number of para-hydroxylation sites is 1. The minimum Gasteiger partial charge on any atom is -0.483 e. The van der Waals surface area contributed by atoms with Gasteiger partial charge in [-0.3, -0.25) is 0 Å². The molecule has 1 aromatic heterocycles. The summed E-state index contributed by atoms with van der Waals surface area (Å²) >= 11 is 3.48. The smallest absolute Gasteiger partial charge is 0.233 e. The fraction of sp³-hybridized carbons (Fsp3) is 0.312. The number of pyridine rings is 1. The lowest BCUT2D eigenvalue weighted by Gasteiger charge is -2.18. The summed E-state index contributed by atoms with van der Waals surface area (Å²) in [5.74, 6) is 2.09. The van der Waals surface area contributed by atoms with Crippen LogP contribution in [0.25, 0.3) is 0 Å². The van der Waals surface area contributed by atoms with Crippen molar-refractivity contribution in [2.45, 2.75) is 32.8 Å². The highest BCUT2D eigenvalue weighted by molar-refractivity contribution is 9.10. The number of benzene rings is 1. The molecule has 0 fully saturated rings. The highest BCUT2D eigenvalue weighted by Crippen LogP contribution is 2.43. The zero-order valence-corrected chi connectivity index (χ0v) is 13.3. The van der Waals surface area contributed by atoms with E-state index < -0.39 is 0 Å². The van der Waals surface area contributed by atoms with Gasteiger partial charge >= 0.3 is 0 Å². The third-order valence-corrected chi connectivity index (χ3v) is 3.77. The largest absolute Gasteiger partial charge is 0.483 e. The molecule has 1 aromatic carbocycles. The fourth-order valence-corrected chi connectivity index (χ4v) is 2.91. The van der Waals surface area contributed by atoms with Gasteiger partial charge in [-0.15, -0.1) is 0 Å². The second-order valence-electron chi connectivity index (χ2n) is 5.68. The second-order valence-corrected chi connectivity index (χ2v) is 6.54. The van der Waals surface area contributed by atoms with Gasteiger partial charge in [-0.2, -0.15) is 0 Å². The van der Waals surface area contributed by atoms with Crippen molar-refractivity contribution in [1.29, 1.82) is 0 Å². The summed E-state index contributed by atoms with van der Waals surface area (Å²) in [7, 11) is 0. The molecule has 0 N–H and O–H groups in total. The number of halogens is 1. The molecule has 2 heterocycles. The summed E-state index contributed by atoms with van der Waals surface area (Å²) < 4.78 is 12.8. The van der Waals surface area contributed by atoms with Crippen LogP contribution in [-0.4, -0.2) is 10.6 Å². The van der Waals surface area contributed by atoms with Gasteiger partial charge in [0.25, 0.3) is 0 Å². The lowest BCUT2D eigenvalue weighted by molar-refractivity contribution is 0.135. The summed E-state index contributed by atoms with van der Waals surface area (Å²) in [6.07, 6.45) is 2.68. The van der Waals surface area contributed by atoms with Crippen molar-refractivity contribution in [2.75, 3.05) is 0 Å². The quantitative estimate of drug-likeness (QED) is 0.800. The Morgan fingerprint density at radius 3 is 2.90 bits per heavy atom. The van der Waals surface area contributed by atoms with E-state index in [2.05, 4.69) is 40.8 Å². The molecule has 0 amide bonds. The molecule has 0 unspecified atom stereocenters. The van der Waals surface area contributed by atoms with Crippen molar-refractivity contribution >= 4 is 15.9 Å².